The van der Waals surface area contributed by atoms with E-state index in [-0.39, 0.29) is 4.90 Å². The van der Waals surface area contributed by atoms with E-state index in [9.17, 15) is 8.42 Å². The van der Waals surface area contributed by atoms with E-state index in [0.29, 0.717) is 5.69 Å². The van der Waals surface area contributed by atoms with Crippen LogP contribution in [0.4, 0.5) is 5.69 Å². The molecule has 0 fully saturated rings. The number of rotatable bonds is 4. The lowest BCUT2D eigenvalue weighted by Crippen LogP contribution is -2.12. The summed E-state index contributed by atoms with van der Waals surface area (Å²) in [4.78, 5) is 4.72. The van der Waals surface area contributed by atoms with Gasteiger partial charge in [-0.25, -0.2) is 13.4 Å². The van der Waals surface area contributed by atoms with Crippen molar-refractivity contribution in [3.05, 3.63) is 53.5 Å². The van der Waals surface area contributed by atoms with Gasteiger partial charge in [-0.2, -0.15) is 0 Å². The molecule has 0 unspecified atom stereocenters. The molecule has 0 saturated carbocycles. The second-order valence-corrected chi connectivity index (χ2v) is 7.36. The first-order valence-corrected chi connectivity index (χ1v) is 8.86. The first kappa shape index (κ1) is 14.0. The lowest BCUT2D eigenvalue weighted by Gasteiger charge is -2.07. The van der Waals surface area contributed by atoms with E-state index in [0.717, 1.165) is 21.6 Å². The maximum absolute atomic E-state index is 12.3. The number of nitrogens with zero attached hydrogens (tertiary/aromatic N) is 1. The topological polar surface area (TPSA) is 59.1 Å². The Kier molecular flexibility index (Phi) is 3.65. The Hall–Kier alpha value is -1.92. The van der Waals surface area contributed by atoms with Gasteiger partial charge in [0.2, 0.25) is 0 Å². The Morgan fingerprint density at radius 3 is 2.62 bits per heavy atom. The van der Waals surface area contributed by atoms with Crippen molar-refractivity contribution in [1.82, 2.24) is 4.98 Å². The van der Waals surface area contributed by atoms with Gasteiger partial charge in [0.25, 0.3) is 10.0 Å². The first-order valence-electron chi connectivity index (χ1n) is 6.56. The Balaban J connectivity index is 1.94. The van der Waals surface area contributed by atoms with Crippen LogP contribution < -0.4 is 4.72 Å². The van der Waals surface area contributed by atoms with E-state index in [1.807, 2.05) is 12.1 Å². The summed E-state index contributed by atoms with van der Waals surface area (Å²) in [6, 6.07) is 13.7. The highest BCUT2D eigenvalue weighted by molar-refractivity contribution is 7.92. The molecule has 3 aromatic rings. The van der Waals surface area contributed by atoms with Crippen molar-refractivity contribution in [2.75, 3.05) is 4.72 Å². The van der Waals surface area contributed by atoms with Crippen LogP contribution in [-0.2, 0) is 16.4 Å². The van der Waals surface area contributed by atoms with E-state index in [1.165, 1.54) is 0 Å². The zero-order valence-electron chi connectivity index (χ0n) is 11.4. The van der Waals surface area contributed by atoms with Crippen molar-refractivity contribution in [3.63, 3.8) is 0 Å². The lowest BCUT2D eigenvalue weighted by atomic mass is 10.3. The third-order valence-corrected chi connectivity index (χ3v) is 5.60. The fraction of sp³-hybridized carbons (Fsp3) is 0.133. The van der Waals surface area contributed by atoms with E-state index < -0.39 is 10.0 Å². The normalized spacial score (nSPS) is 11.7. The van der Waals surface area contributed by atoms with Crippen molar-refractivity contribution in [2.24, 2.45) is 0 Å². The molecule has 4 nitrogen and oxygen atoms in total. The number of thiazole rings is 1. The molecule has 0 aliphatic carbocycles. The smallest absolute Gasteiger partial charge is 0.261 e. The molecule has 3 rings (SSSR count). The predicted octanol–water partition coefficient (Wildman–Crippen LogP) is 3.66. The first-order chi connectivity index (χ1) is 10.1. The van der Waals surface area contributed by atoms with Crippen LogP contribution in [0.15, 0.2) is 53.4 Å². The highest BCUT2D eigenvalue weighted by Gasteiger charge is 2.14. The molecular formula is C15H14N2O2S2. The molecule has 0 bridgehead atoms. The minimum atomic E-state index is -3.55. The second-order valence-electron chi connectivity index (χ2n) is 4.56. The molecule has 2 aromatic carbocycles. The van der Waals surface area contributed by atoms with Crippen LogP contribution in [0.3, 0.4) is 0 Å². The molecule has 6 heteroatoms. The van der Waals surface area contributed by atoms with Gasteiger partial charge in [0.05, 0.1) is 25.8 Å². The summed E-state index contributed by atoms with van der Waals surface area (Å²) < 4.78 is 28.1. The zero-order valence-corrected chi connectivity index (χ0v) is 13.0. The summed E-state index contributed by atoms with van der Waals surface area (Å²) in [5.41, 5.74) is 1.46. The molecule has 0 aliphatic rings. The number of sulfonamides is 1. The largest absolute Gasteiger partial charge is 0.280 e. The molecule has 0 amide bonds. The van der Waals surface area contributed by atoms with Crippen LogP contribution in [0.5, 0.6) is 0 Å². The Morgan fingerprint density at radius 1 is 1.14 bits per heavy atom. The van der Waals surface area contributed by atoms with Crippen molar-refractivity contribution in [1.29, 1.82) is 0 Å². The van der Waals surface area contributed by atoms with Gasteiger partial charge in [-0.3, -0.25) is 4.72 Å². The number of anilines is 1. The summed E-state index contributed by atoms with van der Waals surface area (Å²) in [6.07, 6.45) is 0.879. The van der Waals surface area contributed by atoms with Gasteiger partial charge in [-0.15, -0.1) is 11.3 Å². The van der Waals surface area contributed by atoms with E-state index in [1.54, 1.807) is 47.7 Å². The average Bonchev–Trinajstić information content (AvgIpc) is 2.90. The average molecular weight is 318 g/mol. The number of benzene rings is 2. The molecule has 0 saturated heterocycles. The van der Waals surface area contributed by atoms with Crippen LogP contribution in [-0.4, -0.2) is 13.4 Å². The molecule has 0 radical (unpaired) electrons. The summed E-state index contributed by atoms with van der Waals surface area (Å²) in [7, 11) is -3.55. The maximum atomic E-state index is 12.3. The van der Waals surface area contributed by atoms with Crippen LogP contribution >= 0.6 is 11.3 Å². The molecular weight excluding hydrogens is 304 g/mol. The number of hydrogen-bond acceptors (Lipinski definition) is 4. The summed E-state index contributed by atoms with van der Waals surface area (Å²) in [5.74, 6) is 0. The SMILES string of the molecule is CCc1nc2ccc(NS(=O)(=O)c3ccccc3)cc2s1. The molecule has 1 aromatic heterocycles. The number of aromatic nitrogens is 1. The molecule has 1 N–H and O–H groups in total. The summed E-state index contributed by atoms with van der Waals surface area (Å²) in [6.45, 7) is 2.05. The number of hydrogen-bond donors (Lipinski definition) is 1. The molecule has 21 heavy (non-hydrogen) atoms. The Bertz CT molecular complexity index is 871. The van der Waals surface area contributed by atoms with Gasteiger partial charge in [-0.1, -0.05) is 25.1 Å². The zero-order chi connectivity index (χ0) is 14.9. The van der Waals surface area contributed by atoms with Crippen LogP contribution in [0.1, 0.15) is 11.9 Å². The van der Waals surface area contributed by atoms with Gasteiger partial charge < -0.3 is 0 Å². The van der Waals surface area contributed by atoms with E-state index >= 15 is 0 Å². The second kappa shape index (κ2) is 5.46. The van der Waals surface area contributed by atoms with Gasteiger partial charge in [0, 0.05) is 0 Å². The minimum Gasteiger partial charge on any atom is -0.280 e. The highest BCUT2D eigenvalue weighted by atomic mass is 32.2. The summed E-state index contributed by atoms with van der Waals surface area (Å²) >= 11 is 1.59. The van der Waals surface area contributed by atoms with Crippen molar-refractivity contribution in [3.8, 4) is 0 Å². The Morgan fingerprint density at radius 2 is 1.90 bits per heavy atom. The van der Waals surface area contributed by atoms with Crippen LogP contribution in [0, 0.1) is 0 Å². The lowest BCUT2D eigenvalue weighted by molar-refractivity contribution is 0.601. The van der Waals surface area contributed by atoms with Crippen LogP contribution in [0.2, 0.25) is 0 Å². The van der Waals surface area contributed by atoms with Gasteiger partial charge in [0.15, 0.2) is 0 Å². The molecule has 108 valence electrons. The standard InChI is InChI=1S/C15H14N2O2S2/c1-2-15-16-13-9-8-11(10-14(13)20-15)17-21(18,19)12-6-4-3-5-7-12/h3-10,17H,2H2,1H3. The molecule has 0 atom stereocenters. The van der Waals surface area contributed by atoms with Gasteiger partial charge >= 0.3 is 0 Å². The van der Waals surface area contributed by atoms with Crippen molar-refractivity contribution in [2.45, 2.75) is 18.2 Å². The monoisotopic (exact) mass is 318 g/mol. The fourth-order valence-corrected chi connectivity index (χ4v) is 4.02. The third kappa shape index (κ3) is 2.91. The minimum absolute atomic E-state index is 0.253. The van der Waals surface area contributed by atoms with E-state index in [4.69, 9.17) is 0 Å². The third-order valence-electron chi connectivity index (χ3n) is 3.04. The van der Waals surface area contributed by atoms with Gasteiger partial charge in [-0.05, 0) is 36.8 Å². The maximum Gasteiger partial charge on any atom is 0.261 e. The molecule has 1 heterocycles. The Labute approximate surface area is 127 Å². The van der Waals surface area contributed by atoms with Crippen molar-refractivity contribution >= 4 is 37.3 Å². The molecule has 0 spiro atoms. The van der Waals surface area contributed by atoms with Gasteiger partial charge in [0.1, 0.15) is 0 Å². The fourth-order valence-electron chi connectivity index (χ4n) is 2.00. The quantitative estimate of drug-likeness (QED) is 0.798. The summed E-state index contributed by atoms with van der Waals surface area (Å²) in [5, 5.41) is 1.05. The number of aryl methyl sites for hydroxylation is 1. The predicted molar refractivity (Wildman–Crippen MR) is 86.2 cm³/mol. The highest BCUT2D eigenvalue weighted by Crippen LogP contribution is 2.26. The number of nitrogens with one attached hydrogen (secondary N) is 1. The number of fused-ring (bicyclic) bond motifs is 1. The van der Waals surface area contributed by atoms with Crippen molar-refractivity contribution < 1.29 is 8.42 Å². The van der Waals surface area contributed by atoms with Crippen LogP contribution in [0.25, 0.3) is 10.2 Å². The van der Waals surface area contributed by atoms with E-state index in [2.05, 4.69) is 16.6 Å². The molecule has 0 aliphatic heterocycles.